The summed E-state index contributed by atoms with van der Waals surface area (Å²) in [7, 11) is 0. The molecule has 4 heteroatoms. The van der Waals surface area contributed by atoms with Crippen molar-refractivity contribution in [1.29, 1.82) is 0 Å². The van der Waals surface area contributed by atoms with E-state index in [0.717, 1.165) is 31.9 Å². The highest BCUT2D eigenvalue weighted by Crippen LogP contribution is 2.06. The third-order valence-corrected chi connectivity index (χ3v) is 2.69. The van der Waals surface area contributed by atoms with Crippen LogP contribution in [0.5, 0.6) is 0 Å². The molecule has 1 aliphatic rings. The lowest BCUT2D eigenvalue weighted by molar-refractivity contribution is 0.189. The first-order valence-electron chi connectivity index (χ1n) is 5.61. The van der Waals surface area contributed by atoms with Crippen molar-refractivity contribution in [2.75, 3.05) is 13.2 Å². The van der Waals surface area contributed by atoms with Gasteiger partial charge in [0.2, 0.25) is 0 Å². The van der Waals surface area contributed by atoms with Crippen LogP contribution in [0.25, 0.3) is 0 Å². The number of hydrogen-bond donors (Lipinski definition) is 1. The SMILES string of the molecule is CC(C)n1ccc(CNC2CCOC2)n1. The molecule has 0 radical (unpaired) electrons. The standard InChI is InChI=1S/C11H19N3O/c1-9(2)14-5-3-10(13-14)7-12-11-4-6-15-8-11/h3,5,9,11-12H,4,6-8H2,1-2H3. The van der Waals surface area contributed by atoms with Crippen molar-refractivity contribution in [3.05, 3.63) is 18.0 Å². The van der Waals surface area contributed by atoms with E-state index in [1.807, 2.05) is 10.9 Å². The summed E-state index contributed by atoms with van der Waals surface area (Å²) in [5, 5.41) is 7.93. The Morgan fingerprint density at radius 1 is 1.67 bits per heavy atom. The van der Waals surface area contributed by atoms with Gasteiger partial charge >= 0.3 is 0 Å². The van der Waals surface area contributed by atoms with Crippen LogP contribution in [-0.4, -0.2) is 29.0 Å². The summed E-state index contributed by atoms with van der Waals surface area (Å²) >= 11 is 0. The molecular weight excluding hydrogens is 190 g/mol. The maximum Gasteiger partial charge on any atom is 0.0762 e. The van der Waals surface area contributed by atoms with Crippen LogP contribution in [0.15, 0.2) is 12.3 Å². The van der Waals surface area contributed by atoms with E-state index in [-0.39, 0.29) is 0 Å². The highest BCUT2D eigenvalue weighted by molar-refractivity contribution is 4.99. The summed E-state index contributed by atoms with van der Waals surface area (Å²) in [6.45, 7) is 6.83. The molecule has 1 fully saturated rings. The Labute approximate surface area is 90.6 Å². The van der Waals surface area contributed by atoms with E-state index in [0.29, 0.717) is 12.1 Å². The van der Waals surface area contributed by atoms with E-state index in [1.165, 1.54) is 0 Å². The summed E-state index contributed by atoms with van der Waals surface area (Å²) in [4.78, 5) is 0. The second-order valence-electron chi connectivity index (χ2n) is 4.32. The van der Waals surface area contributed by atoms with E-state index >= 15 is 0 Å². The molecule has 1 atom stereocenters. The van der Waals surface area contributed by atoms with Crippen molar-refractivity contribution < 1.29 is 4.74 Å². The largest absolute Gasteiger partial charge is 0.380 e. The number of aromatic nitrogens is 2. The molecule has 0 spiro atoms. The van der Waals surface area contributed by atoms with Crippen LogP contribution in [-0.2, 0) is 11.3 Å². The van der Waals surface area contributed by atoms with E-state index in [1.54, 1.807) is 0 Å². The van der Waals surface area contributed by atoms with Crippen molar-refractivity contribution in [2.24, 2.45) is 0 Å². The normalized spacial score (nSPS) is 21.4. The Bertz CT molecular complexity index is 303. The molecule has 0 aliphatic carbocycles. The minimum absolute atomic E-state index is 0.438. The smallest absolute Gasteiger partial charge is 0.0762 e. The molecule has 15 heavy (non-hydrogen) atoms. The molecule has 1 aliphatic heterocycles. The molecule has 0 amide bonds. The van der Waals surface area contributed by atoms with Gasteiger partial charge in [0.1, 0.15) is 0 Å². The van der Waals surface area contributed by atoms with E-state index < -0.39 is 0 Å². The molecule has 1 unspecified atom stereocenters. The lowest BCUT2D eigenvalue weighted by Crippen LogP contribution is -2.28. The van der Waals surface area contributed by atoms with Crippen LogP contribution < -0.4 is 5.32 Å². The second-order valence-corrected chi connectivity index (χ2v) is 4.32. The Hall–Kier alpha value is -0.870. The summed E-state index contributed by atoms with van der Waals surface area (Å²) in [6, 6.07) is 3.02. The highest BCUT2D eigenvalue weighted by Gasteiger charge is 2.14. The van der Waals surface area contributed by atoms with Crippen LogP contribution in [0.2, 0.25) is 0 Å². The number of hydrogen-bond acceptors (Lipinski definition) is 3. The molecule has 2 heterocycles. The van der Waals surface area contributed by atoms with Gasteiger partial charge < -0.3 is 10.1 Å². The molecule has 0 saturated carbocycles. The summed E-state index contributed by atoms with van der Waals surface area (Å²) in [6.07, 6.45) is 3.15. The van der Waals surface area contributed by atoms with Gasteiger partial charge in [-0.1, -0.05) is 0 Å². The van der Waals surface area contributed by atoms with Crippen molar-refractivity contribution in [3.8, 4) is 0 Å². The fraction of sp³-hybridized carbons (Fsp3) is 0.727. The average Bonchev–Trinajstić information content (AvgIpc) is 2.86. The Balaban J connectivity index is 1.82. The van der Waals surface area contributed by atoms with Gasteiger partial charge in [0, 0.05) is 31.4 Å². The third-order valence-electron chi connectivity index (χ3n) is 2.69. The predicted octanol–water partition coefficient (Wildman–Crippen LogP) is 1.34. The van der Waals surface area contributed by atoms with Gasteiger partial charge in [-0.15, -0.1) is 0 Å². The number of rotatable bonds is 4. The molecule has 2 rings (SSSR count). The molecule has 1 N–H and O–H groups in total. The van der Waals surface area contributed by atoms with Crippen LogP contribution in [0.4, 0.5) is 0 Å². The molecule has 1 aromatic heterocycles. The van der Waals surface area contributed by atoms with Crippen LogP contribution in [0.3, 0.4) is 0 Å². The zero-order valence-corrected chi connectivity index (χ0v) is 9.44. The molecule has 4 nitrogen and oxygen atoms in total. The number of ether oxygens (including phenoxy) is 1. The van der Waals surface area contributed by atoms with Crippen LogP contribution >= 0.6 is 0 Å². The monoisotopic (exact) mass is 209 g/mol. The fourth-order valence-corrected chi connectivity index (χ4v) is 1.70. The Kier molecular flexibility index (Phi) is 3.38. The zero-order valence-electron chi connectivity index (χ0n) is 9.44. The van der Waals surface area contributed by atoms with Crippen LogP contribution in [0, 0.1) is 0 Å². The highest BCUT2D eigenvalue weighted by atomic mass is 16.5. The molecule has 1 aromatic rings. The summed E-state index contributed by atoms with van der Waals surface area (Å²) < 4.78 is 7.29. The zero-order chi connectivity index (χ0) is 10.7. The van der Waals surface area contributed by atoms with Gasteiger partial charge in [-0.05, 0) is 26.3 Å². The number of nitrogens with one attached hydrogen (secondary N) is 1. The average molecular weight is 209 g/mol. The van der Waals surface area contributed by atoms with Crippen molar-refractivity contribution in [2.45, 2.75) is 38.9 Å². The van der Waals surface area contributed by atoms with Crippen molar-refractivity contribution in [1.82, 2.24) is 15.1 Å². The van der Waals surface area contributed by atoms with Gasteiger partial charge in [-0.3, -0.25) is 4.68 Å². The second kappa shape index (κ2) is 4.77. The minimum atomic E-state index is 0.438. The quantitative estimate of drug-likeness (QED) is 0.813. The Morgan fingerprint density at radius 3 is 3.13 bits per heavy atom. The topological polar surface area (TPSA) is 39.1 Å². The Morgan fingerprint density at radius 2 is 2.53 bits per heavy atom. The lowest BCUT2D eigenvalue weighted by Gasteiger charge is -2.08. The van der Waals surface area contributed by atoms with Gasteiger partial charge in [0.05, 0.1) is 12.3 Å². The molecule has 0 aromatic carbocycles. The third kappa shape index (κ3) is 2.79. The van der Waals surface area contributed by atoms with E-state index in [4.69, 9.17) is 4.74 Å². The maximum atomic E-state index is 5.30. The van der Waals surface area contributed by atoms with Gasteiger partial charge in [0.15, 0.2) is 0 Å². The fourth-order valence-electron chi connectivity index (χ4n) is 1.70. The summed E-state index contributed by atoms with van der Waals surface area (Å²) in [5.74, 6) is 0. The predicted molar refractivity (Wildman–Crippen MR) is 58.7 cm³/mol. The van der Waals surface area contributed by atoms with Gasteiger partial charge in [-0.25, -0.2) is 0 Å². The summed E-state index contributed by atoms with van der Waals surface area (Å²) in [5.41, 5.74) is 1.11. The van der Waals surface area contributed by atoms with Gasteiger partial charge in [-0.2, -0.15) is 5.10 Å². The molecule has 1 saturated heterocycles. The lowest BCUT2D eigenvalue weighted by atomic mass is 10.2. The maximum absolute atomic E-state index is 5.30. The van der Waals surface area contributed by atoms with E-state index in [2.05, 4.69) is 30.3 Å². The van der Waals surface area contributed by atoms with Crippen LogP contribution in [0.1, 0.15) is 32.0 Å². The minimum Gasteiger partial charge on any atom is -0.380 e. The molecule has 84 valence electrons. The van der Waals surface area contributed by atoms with Gasteiger partial charge in [0.25, 0.3) is 0 Å². The van der Waals surface area contributed by atoms with Crippen molar-refractivity contribution in [3.63, 3.8) is 0 Å². The molecule has 0 bridgehead atoms. The first-order chi connectivity index (χ1) is 7.25. The number of nitrogens with zero attached hydrogens (tertiary/aromatic N) is 2. The van der Waals surface area contributed by atoms with Crippen molar-refractivity contribution >= 4 is 0 Å². The van der Waals surface area contributed by atoms with E-state index in [9.17, 15) is 0 Å². The molecular formula is C11H19N3O. The first-order valence-corrected chi connectivity index (χ1v) is 5.61. The first kappa shape index (κ1) is 10.6.